The molecule has 0 unspecified atom stereocenters. The Hall–Kier alpha value is -2.10. The summed E-state index contributed by atoms with van der Waals surface area (Å²) in [6.07, 6.45) is 1.59. The zero-order valence-electron chi connectivity index (χ0n) is 18.7. The molecule has 0 fully saturated rings. The SMILES string of the molecule is COc1cc(C(C)C)c(Oc2cnc(NC(=O)C(C)C)nc2NCC(C)C)cc1I. The predicted molar refractivity (Wildman–Crippen MR) is 129 cm³/mol. The largest absolute Gasteiger partial charge is 0.496 e. The van der Waals surface area contributed by atoms with E-state index in [9.17, 15) is 4.79 Å². The molecule has 0 aliphatic rings. The normalized spacial score (nSPS) is 11.2. The number of anilines is 2. The van der Waals surface area contributed by atoms with Crippen molar-refractivity contribution < 1.29 is 14.3 Å². The Balaban J connectivity index is 2.42. The Morgan fingerprint density at radius 2 is 1.80 bits per heavy atom. The van der Waals surface area contributed by atoms with Crippen LogP contribution in [-0.4, -0.2) is 29.5 Å². The summed E-state index contributed by atoms with van der Waals surface area (Å²) in [5, 5.41) is 6.05. The summed E-state index contributed by atoms with van der Waals surface area (Å²) in [7, 11) is 1.66. The second kappa shape index (κ2) is 10.8. The van der Waals surface area contributed by atoms with Crippen LogP contribution in [0.2, 0.25) is 0 Å². The summed E-state index contributed by atoms with van der Waals surface area (Å²) >= 11 is 2.23. The number of methoxy groups -OCH3 is 1. The molecule has 30 heavy (non-hydrogen) atoms. The lowest BCUT2D eigenvalue weighted by molar-refractivity contribution is -0.118. The highest BCUT2D eigenvalue weighted by Gasteiger charge is 2.18. The number of nitrogens with zero attached hydrogens (tertiary/aromatic N) is 2. The molecule has 0 bridgehead atoms. The second-order valence-electron chi connectivity index (χ2n) is 8.11. The minimum atomic E-state index is -0.161. The fraction of sp³-hybridized carbons (Fsp3) is 0.500. The summed E-state index contributed by atoms with van der Waals surface area (Å²) in [6, 6.07) is 3.95. The first-order valence-electron chi connectivity index (χ1n) is 10.1. The van der Waals surface area contributed by atoms with Crippen molar-refractivity contribution in [2.24, 2.45) is 11.8 Å². The van der Waals surface area contributed by atoms with Gasteiger partial charge in [0, 0.05) is 18.0 Å². The van der Waals surface area contributed by atoms with Crippen LogP contribution in [0.1, 0.15) is 53.0 Å². The van der Waals surface area contributed by atoms with Gasteiger partial charge in [0.25, 0.3) is 0 Å². The third kappa shape index (κ3) is 6.45. The molecule has 1 aromatic carbocycles. The fourth-order valence-corrected chi connectivity index (χ4v) is 3.21. The van der Waals surface area contributed by atoms with E-state index in [1.54, 1.807) is 13.3 Å². The predicted octanol–water partition coefficient (Wildman–Crippen LogP) is 5.67. The Morgan fingerprint density at radius 1 is 1.10 bits per heavy atom. The molecule has 0 saturated carbocycles. The lowest BCUT2D eigenvalue weighted by Crippen LogP contribution is -2.20. The number of nitrogens with one attached hydrogen (secondary N) is 2. The molecule has 2 aromatic rings. The number of aromatic nitrogens is 2. The van der Waals surface area contributed by atoms with Gasteiger partial charge < -0.3 is 14.8 Å². The molecule has 0 radical (unpaired) electrons. The maximum atomic E-state index is 12.0. The lowest BCUT2D eigenvalue weighted by atomic mass is 10.0. The topological polar surface area (TPSA) is 85.4 Å². The molecule has 1 aromatic heterocycles. The van der Waals surface area contributed by atoms with Gasteiger partial charge in [0.15, 0.2) is 11.6 Å². The molecule has 2 N–H and O–H groups in total. The minimum absolute atomic E-state index is 0.134. The number of hydrogen-bond acceptors (Lipinski definition) is 6. The molecular weight excluding hydrogens is 495 g/mol. The number of ether oxygens (including phenoxy) is 2. The molecule has 0 aliphatic heterocycles. The number of halogens is 1. The molecule has 0 saturated heterocycles. The highest BCUT2D eigenvalue weighted by molar-refractivity contribution is 14.1. The zero-order chi connectivity index (χ0) is 22.4. The van der Waals surface area contributed by atoms with E-state index < -0.39 is 0 Å². The Labute approximate surface area is 192 Å². The van der Waals surface area contributed by atoms with Gasteiger partial charge >= 0.3 is 0 Å². The van der Waals surface area contributed by atoms with E-state index in [0.29, 0.717) is 24.0 Å². The molecular formula is C22H31IN4O3. The Kier molecular flexibility index (Phi) is 8.69. The molecule has 8 heteroatoms. The van der Waals surface area contributed by atoms with E-state index >= 15 is 0 Å². The van der Waals surface area contributed by atoms with Gasteiger partial charge in [-0.05, 0) is 46.6 Å². The summed E-state index contributed by atoms with van der Waals surface area (Å²) < 4.78 is 12.7. The number of benzene rings is 1. The van der Waals surface area contributed by atoms with Crippen LogP contribution in [0.5, 0.6) is 17.2 Å². The minimum Gasteiger partial charge on any atom is -0.496 e. The Morgan fingerprint density at radius 3 is 2.37 bits per heavy atom. The van der Waals surface area contributed by atoms with E-state index in [1.165, 1.54) is 0 Å². The smallest absolute Gasteiger partial charge is 0.231 e. The standard InChI is InChI=1S/C22H31IN4O3/c1-12(2)10-24-20-19(11-25-22(26-20)27-21(28)14(5)6)30-17-9-16(23)18(29-7)8-15(17)13(3)4/h8-9,11-14H,10H2,1-7H3,(H2,24,25,26,27,28). The average Bonchev–Trinajstić information content (AvgIpc) is 2.67. The lowest BCUT2D eigenvalue weighted by Gasteiger charge is -2.19. The van der Waals surface area contributed by atoms with E-state index in [2.05, 4.69) is 70.9 Å². The van der Waals surface area contributed by atoms with Crippen molar-refractivity contribution in [2.75, 3.05) is 24.3 Å². The molecule has 1 amide bonds. The van der Waals surface area contributed by atoms with Gasteiger partial charge in [0.05, 0.1) is 16.9 Å². The van der Waals surface area contributed by atoms with Crippen LogP contribution in [0.15, 0.2) is 18.3 Å². The molecule has 0 aliphatic carbocycles. The van der Waals surface area contributed by atoms with Crippen LogP contribution in [0, 0.1) is 15.4 Å². The molecule has 0 spiro atoms. The molecule has 2 rings (SSSR count). The number of carbonyl (C=O) groups excluding carboxylic acids is 1. The first-order chi connectivity index (χ1) is 14.1. The maximum Gasteiger partial charge on any atom is 0.231 e. The number of carbonyl (C=O) groups is 1. The van der Waals surface area contributed by atoms with Gasteiger partial charge in [-0.1, -0.05) is 41.5 Å². The molecule has 0 atom stereocenters. The van der Waals surface area contributed by atoms with Crippen molar-refractivity contribution in [2.45, 2.75) is 47.5 Å². The Bertz CT molecular complexity index is 885. The first-order valence-corrected chi connectivity index (χ1v) is 11.2. The van der Waals surface area contributed by atoms with Crippen molar-refractivity contribution >= 4 is 40.3 Å². The van der Waals surface area contributed by atoms with E-state index in [-0.39, 0.29) is 23.7 Å². The average molecular weight is 526 g/mol. The van der Waals surface area contributed by atoms with E-state index in [4.69, 9.17) is 9.47 Å². The monoisotopic (exact) mass is 526 g/mol. The quantitative estimate of drug-likeness (QED) is 0.410. The molecule has 164 valence electrons. The highest BCUT2D eigenvalue weighted by Crippen LogP contribution is 2.38. The van der Waals surface area contributed by atoms with Crippen molar-refractivity contribution in [1.29, 1.82) is 0 Å². The van der Waals surface area contributed by atoms with Crippen LogP contribution in [0.4, 0.5) is 11.8 Å². The van der Waals surface area contributed by atoms with Gasteiger partial charge in [-0.2, -0.15) is 4.98 Å². The van der Waals surface area contributed by atoms with Gasteiger partial charge in [0.1, 0.15) is 11.5 Å². The third-order valence-corrected chi connectivity index (χ3v) is 5.16. The van der Waals surface area contributed by atoms with Crippen LogP contribution in [-0.2, 0) is 4.79 Å². The summed E-state index contributed by atoms with van der Waals surface area (Å²) in [5.74, 6) is 3.19. The van der Waals surface area contributed by atoms with Crippen molar-refractivity contribution in [3.05, 3.63) is 27.5 Å². The first kappa shape index (κ1) is 24.2. The third-order valence-electron chi connectivity index (χ3n) is 4.32. The molecule has 1 heterocycles. The number of hydrogen-bond donors (Lipinski definition) is 2. The zero-order valence-corrected chi connectivity index (χ0v) is 20.8. The summed E-state index contributed by atoms with van der Waals surface area (Å²) in [5.41, 5.74) is 1.03. The van der Waals surface area contributed by atoms with Crippen molar-refractivity contribution in [3.8, 4) is 17.2 Å². The van der Waals surface area contributed by atoms with E-state index in [1.807, 2.05) is 26.0 Å². The van der Waals surface area contributed by atoms with Crippen molar-refractivity contribution in [1.82, 2.24) is 9.97 Å². The highest BCUT2D eigenvalue weighted by atomic mass is 127. The molecule has 7 nitrogen and oxygen atoms in total. The van der Waals surface area contributed by atoms with Crippen LogP contribution < -0.4 is 20.1 Å². The van der Waals surface area contributed by atoms with E-state index in [0.717, 1.165) is 20.6 Å². The van der Waals surface area contributed by atoms with Crippen LogP contribution >= 0.6 is 22.6 Å². The summed E-state index contributed by atoms with van der Waals surface area (Å²) in [6.45, 7) is 12.8. The maximum absolute atomic E-state index is 12.0. The van der Waals surface area contributed by atoms with Crippen LogP contribution in [0.3, 0.4) is 0 Å². The van der Waals surface area contributed by atoms with Gasteiger partial charge in [-0.3, -0.25) is 10.1 Å². The fourth-order valence-electron chi connectivity index (χ4n) is 2.55. The van der Waals surface area contributed by atoms with Gasteiger partial charge in [-0.15, -0.1) is 0 Å². The number of amides is 1. The number of rotatable bonds is 9. The second-order valence-corrected chi connectivity index (χ2v) is 9.27. The van der Waals surface area contributed by atoms with Gasteiger partial charge in [-0.25, -0.2) is 4.98 Å². The van der Waals surface area contributed by atoms with Crippen molar-refractivity contribution in [3.63, 3.8) is 0 Å². The summed E-state index contributed by atoms with van der Waals surface area (Å²) in [4.78, 5) is 20.8. The van der Waals surface area contributed by atoms with Crippen LogP contribution in [0.25, 0.3) is 0 Å². The van der Waals surface area contributed by atoms with Gasteiger partial charge in [0.2, 0.25) is 11.9 Å².